The molecule has 2 aromatic heterocycles. The summed E-state index contributed by atoms with van der Waals surface area (Å²) in [6.45, 7) is 12.0. The minimum Gasteiger partial charge on any atom is -0.480 e. The van der Waals surface area contributed by atoms with E-state index in [0.29, 0.717) is 5.46 Å². The van der Waals surface area contributed by atoms with Crippen LogP contribution < -0.4 is 15.8 Å². The third-order valence-electron chi connectivity index (χ3n) is 5.99. The number of carboxylic acids is 1. The van der Waals surface area contributed by atoms with Crippen LogP contribution in [0.4, 0.5) is 4.79 Å². The van der Waals surface area contributed by atoms with Crippen LogP contribution >= 0.6 is 0 Å². The summed E-state index contributed by atoms with van der Waals surface area (Å²) >= 11 is 0. The quantitative estimate of drug-likeness (QED) is 0.565. The van der Waals surface area contributed by atoms with Crippen LogP contribution in [0.2, 0.25) is 0 Å². The lowest BCUT2D eigenvalue weighted by Crippen LogP contribution is -2.42. The summed E-state index contributed by atoms with van der Waals surface area (Å²) in [5, 5.41) is 13.6. The molecular formula is C22H33BN4O8. The highest BCUT2D eigenvalue weighted by Gasteiger charge is 2.52. The number of carbonyl (C=O) groups is 2. The SMILES string of the molecule is COc1nn2cc(B3OC(C)(C)C(C)(C)O3)cc2c(=O)n1CCN(CC(=O)O)C(=O)OC(C)(C)C. The first kappa shape index (κ1) is 26.5. The number of carboxylic acid groups (broad SMARTS) is 1. The van der Waals surface area contributed by atoms with Crippen LogP contribution in [0.15, 0.2) is 17.1 Å². The Kier molecular flexibility index (Phi) is 6.97. The van der Waals surface area contributed by atoms with E-state index in [4.69, 9.17) is 18.8 Å². The Morgan fingerprint density at radius 2 is 1.80 bits per heavy atom. The van der Waals surface area contributed by atoms with Crippen molar-refractivity contribution in [2.45, 2.75) is 71.8 Å². The van der Waals surface area contributed by atoms with E-state index in [9.17, 15) is 19.5 Å². The number of hydrogen-bond donors (Lipinski definition) is 1. The molecule has 0 aliphatic carbocycles. The molecule has 0 radical (unpaired) electrons. The molecule has 0 unspecified atom stereocenters. The van der Waals surface area contributed by atoms with Gasteiger partial charge in [0.05, 0.1) is 18.3 Å². The largest absolute Gasteiger partial charge is 0.496 e. The highest BCUT2D eigenvalue weighted by atomic mass is 16.7. The van der Waals surface area contributed by atoms with E-state index < -0.39 is 48.1 Å². The van der Waals surface area contributed by atoms with E-state index in [-0.39, 0.29) is 24.6 Å². The maximum absolute atomic E-state index is 13.3. The summed E-state index contributed by atoms with van der Waals surface area (Å²) in [5.74, 6) is -1.21. The maximum Gasteiger partial charge on any atom is 0.496 e. The number of amides is 1. The Morgan fingerprint density at radius 3 is 2.31 bits per heavy atom. The van der Waals surface area contributed by atoms with Gasteiger partial charge in [-0.15, -0.1) is 5.10 Å². The Bertz CT molecular complexity index is 1160. The smallest absolute Gasteiger partial charge is 0.480 e. The van der Waals surface area contributed by atoms with Crippen molar-refractivity contribution in [2.75, 3.05) is 20.2 Å². The predicted octanol–water partition coefficient (Wildman–Crippen LogP) is 1.13. The van der Waals surface area contributed by atoms with Gasteiger partial charge in [-0.05, 0) is 54.5 Å². The summed E-state index contributed by atoms with van der Waals surface area (Å²) < 4.78 is 25.4. The van der Waals surface area contributed by atoms with Gasteiger partial charge in [0.15, 0.2) is 0 Å². The van der Waals surface area contributed by atoms with Gasteiger partial charge in [0, 0.05) is 24.7 Å². The maximum atomic E-state index is 13.3. The molecule has 1 saturated heterocycles. The number of rotatable bonds is 7. The molecule has 0 atom stereocenters. The van der Waals surface area contributed by atoms with Gasteiger partial charge < -0.3 is 23.9 Å². The Hall–Kier alpha value is -3.06. The third-order valence-corrected chi connectivity index (χ3v) is 5.99. The first-order chi connectivity index (χ1) is 16.0. The highest BCUT2D eigenvalue weighted by molar-refractivity contribution is 6.62. The number of carbonyl (C=O) groups excluding carboxylic acids is 1. The van der Waals surface area contributed by atoms with E-state index in [1.165, 1.54) is 16.2 Å². The van der Waals surface area contributed by atoms with Crippen molar-refractivity contribution >= 4 is 30.2 Å². The topological polar surface area (TPSA) is 134 Å². The molecule has 2 aromatic rings. The molecule has 0 saturated carbocycles. The number of hydrogen-bond acceptors (Lipinski definition) is 8. The van der Waals surface area contributed by atoms with Crippen molar-refractivity contribution in [2.24, 2.45) is 0 Å². The van der Waals surface area contributed by atoms with E-state index >= 15 is 0 Å². The molecular weight excluding hydrogens is 459 g/mol. The van der Waals surface area contributed by atoms with Gasteiger partial charge >= 0.3 is 25.2 Å². The normalized spacial score (nSPS) is 17.0. The molecule has 0 bridgehead atoms. The molecule has 0 spiro atoms. The molecule has 3 heterocycles. The van der Waals surface area contributed by atoms with Crippen molar-refractivity contribution in [3.63, 3.8) is 0 Å². The van der Waals surface area contributed by atoms with Crippen LogP contribution in [0.5, 0.6) is 6.01 Å². The second-order valence-corrected chi connectivity index (χ2v) is 10.4. The number of methoxy groups -OCH3 is 1. The Morgan fingerprint density at radius 1 is 1.20 bits per heavy atom. The fourth-order valence-corrected chi connectivity index (χ4v) is 3.49. The van der Waals surface area contributed by atoms with Gasteiger partial charge in [0.1, 0.15) is 17.7 Å². The molecule has 13 heteroatoms. The standard InChI is InChI=1S/C22H33BN4O8/c1-20(2,3)33-19(31)25(13-16(28)29)9-10-26-17(30)15-11-14(12-27(15)24-18(26)32-8)23-34-21(4,5)22(6,7)35-23/h11-12H,9-10,13H2,1-8H3,(H,28,29). The predicted molar refractivity (Wildman–Crippen MR) is 127 cm³/mol. The first-order valence-electron chi connectivity index (χ1n) is 11.3. The molecule has 192 valence electrons. The minimum atomic E-state index is -1.21. The van der Waals surface area contributed by atoms with Crippen molar-refractivity contribution in [1.29, 1.82) is 0 Å². The van der Waals surface area contributed by atoms with Crippen molar-refractivity contribution in [1.82, 2.24) is 19.1 Å². The number of aromatic nitrogens is 3. The Labute approximate surface area is 203 Å². The summed E-state index contributed by atoms with van der Waals surface area (Å²) in [6, 6.07) is 1.63. The average Bonchev–Trinajstić information content (AvgIpc) is 3.22. The third kappa shape index (κ3) is 5.62. The Balaban J connectivity index is 1.91. The van der Waals surface area contributed by atoms with Gasteiger partial charge in [-0.3, -0.25) is 19.1 Å². The van der Waals surface area contributed by atoms with Crippen LogP contribution in [0.25, 0.3) is 5.52 Å². The van der Waals surface area contributed by atoms with Gasteiger partial charge in [-0.25, -0.2) is 9.31 Å². The van der Waals surface area contributed by atoms with Crippen LogP contribution in [0.1, 0.15) is 48.5 Å². The van der Waals surface area contributed by atoms with Gasteiger partial charge in [-0.1, -0.05) is 0 Å². The summed E-state index contributed by atoms with van der Waals surface area (Å²) in [5.41, 5.74) is -1.47. The molecule has 12 nitrogen and oxygen atoms in total. The lowest BCUT2D eigenvalue weighted by molar-refractivity contribution is -0.138. The number of nitrogens with zero attached hydrogens (tertiary/aromatic N) is 4. The molecule has 35 heavy (non-hydrogen) atoms. The van der Waals surface area contributed by atoms with Crippen LogP contribution in [0, 0.1) is 0 Å². The molecule has 1 fully saturated rings. The fourth-order valence-electron chi connectivity index (χ4n) is 3.49. The van der Waals surface area contributed by atoms with E-state index in [1.54, 1.807) is 33.0 Å². The van der Waals surface area contributed by atoms with Gasteiger partial charge in [0.25, 0.3) is 5.56 Å². The van der Waals surface area contributed by atoms with E-state index in [1.807, 2.05) is 27.7 Å². The molecule has 1 aliphatic heterocycles. The zero-order valence-electron chi connectivity index (χ0n) is 21.4. The van der Waals surface area contributed by atoms with Crippen LogP contribution in [0.3, 0.4) is 0 Å². The molecule has 1 aliphatic rings. The monoisotopic (exact) mass is 492 g/mol. The average molecular weight is 492 g/mol. The van der Waals surface area contributed by atoms with E-state index in [2.05, 4.69) is 5.10 Å². The fraction of sp³-hybridized carbons (Fsp3) is 0.636. The number of aliphatic carboxylic acids is 1. The van der Waals surface area contributed by atoms with Crippen molar-refractivity contribution in [3.05, 3.63) is 22.6 Å². The summed E-state index contributed by atoms with van der Waals surface area (Å²) in [4.78, 5) is 38.1. The minimum absolute atomic E-state index is 0.00182. The summed E-state index contributed by atoms with van der Waals surface area (Å²) in [6.07, 6.45) is 0.843. The van der Waals surface area contributed by atoms with E-state index in [0.717, 1.165) is 4.90 Å². The zero-order valence-corrected chi connectivity index (χ0v) is 21.4. The van der Waals surface area contributed by atoms with Gasteiger partial charge in [0.2, 0.25) is 0 Å². The summed E-state index contributed by atoms with van der Waals surface area (Å²) in [7, 11) is 0.685. The molecule has 1 amide bonds. The lowest BCUT2D eigenvalue weighted by Gasteiger charge is -2.32. The van der Waals surface area contributed by atoms with Crippen LogP contribution in [-0.4, -0.2) is 80.4 Å². The zero-order chi connectivity index (χ0) is 26.3. The number of ether oxygens (including phenoxy) is 2. The van der Waals surface area contributed by atoms with Crippen molar-refractivity contribution in [3.8, 4) is 6.01 Å². The molecule has 0 aromatic carbocycles. The van der Waals surface area contributed by atoms with Gasteiger partial charge in [-0.2, -0.15) is 0 Å². The number of fused-ring (bicyclic) bond motifs is 1. The first-order valence-corrected chi connectivity index (χ1v) is 11.3. The highest BCUT2D eigenvalue weighted by Crippen LogP contribution is 2.36. The van der Waals surface area contributed by atoms with Crippen LogP contribution in [-0.2, 0) is 25.4 Å². The molecule has 1 N–H and O–H groups in total. The molecule has 3 rings (SSSR count). The second kappa shape index (κ2) is 9.19. The second-order valence-electron chi connectivity index (χ2n) is 10.4. The lowest BCUT2D eigenvalue weighted by atomic mass is 9.81. The van der Waals surface area contributed by atoms with Crippen molar-refractivity contribution < 1.29 is 33.5 Å².